The third-order valence-electron chi connectivity index (χ3n) is 7.25. The normalized spacial score (nSPS) is 20.0. The molecule has 3 aliphatic heterocycles. The number of benzene rings is 2. The molecule has 9 heteroatoms. The molecule has 0 spiro atoms. The summed E-state index contributed by atoms with van der Waals surface area (Å²) in [6.07, 6.45) is 2.39. The molecule has 1 aromatic heterocycles. The molecule has 6 rings (SSSR count). The lowest BCUT2D eigenvalue weighted by molar-refractivity contribution is -0.136. The number of rotatable bonds is 4. The minimum absolute atomic E-state index is 0.175. The van der Waals surface area contributed by atoms with Crippen LogP contribution in [0.15, 0.2) is 48.8 Å². The van der Waals surface area contributed by atoms with Crippen LogP contribution in [0.1, 0.15) is 28.8 Å². The number of hydrogen-bond donors (Lipinski definition) is 1. The molecular weight excluding hydrogens is 458 g/mol. The van der Waals surface area contributed by atoms with Crippen LogP contribution in [-0.2, 0) is 27.9 Å². The average Bonchev–Trinajstić information content (AvgIpc) is 3.44. The van der Waals surface area contributed by atoms with Gasteiger partial charge in [0, 0.05) is 55.5 Å². The Morgan fingerprint density at radius 2 is 1.75 bits per heavy atom. The number of carbonyl (C=O) groups is 3. The molecule has 3 aliphatic rings. The quantitative estimate of drug-likeness (QED) is 0.570. The highest BCUT2D eigenvalue weighted by Gasteiger charge is 2.39. The number of morpholine rings is 1. The number of hydrogen-bond acceptors (Lipinski definition) is 6. The van der Waals surface area contributed by atoms with Crippen LogP contribution in [0.3, 0.4) is 0 Å². The summed E-state index contributed by atoms with van der Waals surface area (Å²) in [6, 6.07) is 13.6. The van der Waals surface area contributed by atoms with E-state index in [9.17, 15) is 14.4 Å². The third-order valence-corrected chi connectivity index (χ3v) is 7.25. The van der Waals surface area contributed by atoms with Crippen LogP contribution >= 0.6 is 0 Å². The number of nitrogens with one attached hydrogen (secondary N) is 1. The lowest BCUT2D eigenvalue weighted by Gasteiger charge is -2.29. The van der Waals surface area contributed by atoms with Gasteiger partial charge in [-0.05, 0) is 36.2 Å². The molecule has 2 aromatic carbocycles. The SMILES string of the molecule is Cn1cnc(-c2ccc3c(c2)CN([C@H]2CCC(=O)NC2=O)C3=O)c1-c1ccc(N2CCOCC2)cc1. The highest BCUT2D eigenvalue weighted by Crippen LogP contribution is 2.35. The zero-order valence-corrected chi connectivity index (χ0v) is 20.1. The van der Waals surface area contributed by atoms with E-state index in [-0.39, 0.29) is 18.2 Å². The molecule has 3 aromatic rings. The monoisotopic (exact) mass is 485 g/mol. The largest absolute Gasteiger partial charge is 0.378 e. The number of anilines is 1. The second-order valence-corrected chi connectivity index (χ2v) is 9.47. The van der Waals surface area contributed by atoms with Gasteiger partial charge in [-0.3, -0.25) is 19.7 Å². The summed E-state index contributed by atoms with van der Waals surface area (Å²) in [5.41, 5.74) is 6.44. The van der Waals surface area contributed by atoms with E-state index in [0.717, 1.165) is 54.4 Å². The van der Waals surface area contributed by atoms with Crippen LogP contribution in [-0.4, -0.2) is 64.5 Å². The van der Waals surface area contributed by atoms with E-state index < -0.39 is 11.9 Å². The summed E-state index contributed by atoms with van der Waals surface area (Å²) < 4.78 is 7.47. The van der Waals surface area contributed by atoms with E-state index in [1.807, 2.05) is 29.8 Å². The van der Waals surface area contributed by atoms with Crippen molar-refractivity contribution in [3.05, 3.63) is 59.9 Å². The molecule has 0 aliphatic carbocycles. The van der Waals surface area contributed by atoms with E-state index in [0.29, 0.717) is 18.5 Å². The number of aryl methyl sites for hydroxylation is 1. The molecule has 0 saturated carbocycles. The number of aromatic nitrogens is 2. The van der Waals surface area contributed by atoms with Crippen molar-refractivity contribution in [1.82, 2.24) is 19.8 Å². The number of imidazole rings is 1. The molecule has 0 unspecified atom stereocenters. The number of fused-ring (bicyclic) bond motifs is 1. The molecule has 2 fully saturated rings. The van der Waals surface area contributed by atoms with E-state index in [1.54, 1.807) is 11.2 Å². The summed E-state index contributed by atoms with van der Waals surface area (Å²) in [7, 11) is 1.98. The van der Waals surface area contributed by atoms with Gasteiger partial charge in [0.25, 0.3) is 5.91 Å². The van der Waals surface area contributed by atoms with Crippen LogP contribution < -0.4 is 10.2 Å². The number of piperidine rings is 1. The third kappa shape index (κ3) is 3.85. The molecule has 9 nitrogen and oxygen atoms in total. The minimum Gasteiger partial charge on any atom is -0.378 e. The zero-order valence-electron chi connectivity index (χ0n) is 20.1. The number of nitrogens with zero attached hydrogens (tertiary/aromatic N) is 4. The van der Waals surface area contributed by atoms with Gasteiger partial charge in [0.1, 0.15) is 6.04 Å². The zero-order chi connectivity index (χ0) is 24.8. The van der Waals surface area contributed by atoms with E-state index in [2.05, 4.69) is 39.5 Å². The van der Waals surface area contributed by atoms with Gasteiger partial charge in [0.05, 0.1) is 30.9 Å². The van der Waals surface area contributed by atoms with Crippen molar-refractivity contribution in [3.63, 3.8) is 0 Å². The first-order chi connectivity index (χ1) is 17.5. The Labute approximate surface area is 208 Å². The first-order valence-corrected chi connectivity index (χ1v) is 12.2. The standard InChI is InChI=1S/C27H27N5O4/c1-30-16-28-24(25(30)17-2-5-20(6-3-17)31-10-12-36-13-11-31)18-4-7-21-19(14-18)15-32(27(21)35)22-8-9-23(33)29-26(22)34/h2-7,14,16,22H,8-13,15H2,1H3,(H,29,33,34)/t22-/m0/s1. The van der Waals surface area contributed by atoms with Crippen molar-refractivity contribution < 1.29 is 19.1 Å². The van der Waals surface area contributed by atoms with Crippen molar-refractivity contribution >= 4 is 23.4 Å². The molecule has 1 N–H and O–H groups in total. The second-order valence-electron chi connectivity index (χ2n) is 9.47. The number of amides is 3. The van der Waals surface area contributed by atoms with Gasteiger partial charge in [0.2, 0.25) is 11.8 Å². The summed E-state index contributed by atoms with van der Waals surface area (Å²) >= 11 is 0. The van der Waals surface area contributed by atoms with E-state index in [4.69, 9.17) is 4.74 Å². The van der Waals surface area contributed by atoms with Crippen molar-refractivity contribution in [1.29, 1.82) is 0 Å². The topological polar surface area (TPSA) is 96.8 Å². The number of imide groups is 1. The number of ether oxygens (including phenoxy) is 1. The molecular formula is C27H27N5O4. The Hall–Kier alpha value is -3.98. The summed E-state index contributed by atoms with van der Waals surface area (Å²) in [5.74, 6) is -0.866. The Kier molecular flexibility index (Phi) is 5.56. The maximum atomic E-state index is 13.1. The van der Waals surface area contributed by atoms with E-state index >= 15 is 0 Å². The van der Waals surface area contributed by atoms with Gasteiger partial charge in [-0.25, -0.2) is 4.98 Å². The summed E-state index contributed by atoms with van der Waals surface area (Å²) in [4.78, 5) is 45.5. The van der Waals surface area contributed by atoms with Crippen molar-refractivity contribution in [3.8, 4) is 22.5 Å². The molecule has 4 heterocycles. The van der Waals surface area contributed by atoms with Crippen molar-refractivity contribution in [2.24, 2.45) is 7.05 Å². The molecule has 3 amide bonds. The fourth-order valence-corrected chi connectivity index (χ4v) is 5.36. The molecule has 36 heavy (non-hydrogen) atoms. The van der Waals surface area contributed by atoms with E-state index in [1.165, 1.54) is 5.69 Å². The fourth-order valence-electron chi connectivity index (χ4n) is 5.36. The lowest BCUT2D eigenvalue weighted by Crippen LogP contribution is -2.52. The smallest absolute Gasteiger partial charge is 0.255 e. The van der Waals surface area contributed by atoms with Gasteiger partial charge in [-0.1, -0.05) is 18.2 Å². The Bertz CT molecular complexity index is 1360. The van der Waals surface area contributed by atoms with Crippen LogP contribution in [0.25, 0.3) is 22.5 Å². The van der Waals surface area contributed by atoms with Gasteiger partial charge in [0.15, 0.2) is 0 Å². The predicted molar refractivity (Wildman–Crippen MR) is 133 cm³/mol. The molecule has 0 radical (unpaired) electrons. The highest BCUT2D eigenvalue weighted by atomic mass is 16.5. The van der Waals surface area contributed by atoms with Crippen LogP contribution in [0.2, 0.25) is 0 Å². The van der Waals surface area contributed by atoms with Gasteiger partial charge >= 0.3 is 0 Å². The Morgan fingerprint density at radius 1 is 1.00 bits per heavy atom. The van der Waals surface area contributed by atoms with Crippen LogP contribution in [0.5, 0.6) is 0 Å². The van der Waals surface area contributed by atoms with Gasteiger partial charge in [-0.2, -0.15) is 0 Å². The Balaban J connectivity index is 1.28. The molecule has 1 atom stereocenters. The predicted octanol–water partition coefficient (Wildman–Crippen LogP) is 2.35. The van der Waals surface area contributed by atoms with Crippen LogP contribution in [0, 0.1) is 0 Å². The Morgan fingerprint density at radius 3 is 2.50 bits per heavy atom. The first-order valence-electron chi connectivity index (χ1n) is 12.2. The van der Waals surface area contributed by atoms with Gasteiger partial charge < -0.3 is 19.1 Å². The van der Waals surface area contributed by atoms with Crippen molar-refractivity contribution in [2.45, 2.75) is 25.4 Å². The molecule has 2 saturated heterocycles. The maximum Gasteiger partial charge on any atom is 0.255 e. The molecule has 184 valence electrons. The first kappa shape index (κ1) is 22.5. The van der Waals surface area contributed by atoms with Crippen molar-refractivity contribution in [2.75, 3.05) is 31.2 Å². The second kappa shape index (κ2) is 8.91. The maximum absolute atomic E-state index is 13.1. The molecule has 0 bridgehead atoms. The lowest BCUT2D eigenvalue weighted by atomic mass is 10.0. The minimum atomic E-state index is -0.624. The average molecular weight is 486 g/mol. The fraction of sp³-hybridized carbons (Fsp3) is 0.333. The summed E-state index contributed by atoms with van der Waals surface area (Å²) in [6.45, 7) is 3.61. The summed E-state index contributed by atoms with van der Waals surface area (Å²) in [5, 5.41) is 2.35. The highest BCUT2D eigenvalue weighted by molar-refractivity contribution is 6.05. The van der Waals surface area contributed by atoms with Crippen LogP contribution in [0.4, 0.5) is 5.69 Å². The number of carbonyl (C=O) groups excluding carboxylic acids is 3. The van der Waals surface area contributed by atoms with Gasteiger partial charge in [-0.15, -0.1) is 0 Å².